The highest BCUT2D eigenvalue weighted by molar-refractivity contribution is 6.33. The van der Waals surface area contributed by atoms with E-state index in [1.165, 1.54) is 0 Å². The Morgan fingerprint density at radius 2 is 1.72 bits per heavy atom. The maximum absolute atomic E-state index is 6.31. The third-order valence-corrected chi connectivity index (χ3v) is 3.09. The van der Waals surface area contributed by atoms with Gasteiger partial charge in [0.1, 0.15) is 5.82 Å². The van der Waals surface area contributed by atoms with Crippen LogP contribution in [-0.2, 0) is 5.88 Å². The van der Waals surface area contributed by atoms with Gasteiger partial charge >= 0.3 is 0 Å². The summed E-state index contributed by atoms with van der Waals surface area (Å²) in [6.07, 6.45) is 1.81. The monoisotopic (exact) mass is 288 g/mol. The lowest BCUT2D eigenvalue weighted by atomic mass is 10.1. The second-order valence-corrected chi connectivity index (χ2v) is 6.15. The molecule has 18 heavy (non-hydrogen) atoms. The first-order valence-electron chi connectivity index (χ1n) is 6.39. The molecule has 4 heteroatoms. The van der Waals surface area contributed by atoms with Crippen molar-refractivity contribution in [1.82, 2.24) is 4.98 Å². The number of halogens is 2. The lowest BCUT2D eigenvalue weighted by Gasteiger charge is -2.28. The largest absolute Gasteiger partial charge is 0.355 e. The van der Waals surface area contributed by atoms with Gasteiger partial charge in [0, 0.05) is 25.2 Å². The molecule has 0 spiro atoms. The highest BCUT2D eigenvalue weighted by Gasteiger charge is 2.15. The van der Waals surface area contributed by atoms with Crippen LogP contribution in [0, 0.1) is 11.8 Å². The van der Waals surface area contributed by atoms with E-state index in [2.05, 4.69) is 37.6 Å². The molecule has 1 aromatic heterocycles. The van der Waals surface area contributed by atoms with Crippen molar-refractivity contribution >= 4 is 29.0 Å². The van der Waals surface area contributed by atoms with E-state index in [4.69, 9.17) is 23.2 Å². The summed E-state index contributed by atoms with van der Waals surface area (Å²) in [6, 6.07) is 1.91. The maximum atomic E-state index is 6.31. The molecule has 0 aliphatic heterocycles. The number of rotatable bonds is 6. The Morgan fingerprint density at radius 1 is 1.17 bits per heavy atom. The van der Waals surface area contributed by atoms with Crippen LogP contribution in [-0.4, -0.2) is 18.1 Å². The van der Waals surface area contributed by atoms with E-state index < -0.39 is 0 Å². The molecular weight excluding hydrogens is 267 g/mol. The molecule has 0 bridgehead atoms. The fourth-order valence-electron chi connectivity index (χ4n) is 1.91. The van der Waals surface area contributed by atoms with Crippen LogP contribution in [0.1, 0.15) is 33.3 Å². The van der Waals surface area contributed by atoms with Gasteiger partial charge in [0.2, 0.25) is 0 Å². The molecule has 0 unspecified atom stereocenters. The van der Waals surface area contributed by atoms with E-state index in [-0.39, 0.29) is 0 Å². The summed E-state index contributed by atoms with van der Waals surface area (Å²) >= 11 is 12.1. The van der Waals surface area contributed by atoms with E-state index in [1.54, 1.807) is 0 Å². The summed E-state index contributed by atoms with van der Waals surface area (Å²) in [4.78, 5) is 6.72. The predicted octanol–water partition coefficient (Wildman–Crippen LogP) is 4.59. The van der Waals surface area contributed by atoms with Crippen LogP contribution >= 0.6 is 23.2 Å². The van der Waals surface area contributed by atoms with Gasteiger partial charge in [-0.15, -0.1) is 11.6 Å². The minimum atomic E-state index is 0.446. The maximum Gasteiger partial charge on any atom is 0.147 e. The Kier molecular flexibility index (Phi) is 6.24. The van der Waals surface area contributed by atoms with E-state index >= 15 is 0 Å². The van der Waals surface area contributed by atoms with Crippen molar-refractivity contribution in [1.29, 1.82) is 0 Å². The van der Waals surface area contributed by atoms with E-state index in [0.29, 0.717) is 22.7 Å². The number of pyridine rings is 1. The molecule has 0 amide bonds. The molecule has 1 rings (SSSR count). The average molecular weight is 289 g/mol. The Hall–Kier alpha value is -0.470. The summed E-state index contributed by atoms with van der Waals surface area (Å²) < 4.78 is 0. The zero-order valence-electron chi connectivity index (χ0n) is 11.6. The van der Waals surface area contributed by atoms with Crippen molar-refractivity contribution in [2.75, 3.05) is 18.0 Å². The Balaban J connectivity index is 2.96. The van der Waals surface area contributed by atoms with Gasteiger partial charge in [-0.05, 0) is 23.5 Å². The normalized spacial score (nSPS) is 11.3. The van der Waals surface area contributed by atoms with Crippen LogP contribution in [0.3, 0.4) is 0 Å². The zero-order valence-corrected chi connectivity index (χ0v) is 13.1. The molecule has 0 aliphatic rings. The highest BCUT2D eigenvalue weighted by Crippen LogP contribution is 2.26. The van der Waals surface area contributed by atoms with Gasteiger partial charge in [-0.25, -0.2) is 4.98 Å². The lowest BCUT2D eigenvalue weighted by molar-refractivity contribution is 0.549. The first-order valence-corrected chi connectivity index (χ1v) is 7.30. The molecule has 0 aromatic carbocycles. The molecule has 0 saturated carbocycles. The Morgan fingerprint density at radius 3 is 2.11 bits per heavy atom. The molecule has 1 heterocycles. The average Bonchev–Trinajstić information content (AvgIpc) is 2.26. The van der Waals surface area contributed by atoms with Crippen LogP contribution in [0.5, 0.6) is 0 Å². The molecule has 1 aromatic rings. The van der Waals surface area contributed by atoms with Gasteiger partial charge in [-0.1, -0.05) is 39.3 Å². The van der Waals surface area contributed by atoms with Crippen LogP contribution in [0.2, 0.25) is 5.02 Å². The van der Waals surface area contributed by atoms with Crippen molar-refractivity contribution in [3.05, 3.63) is 22.8 Å². The fourth-order valence-corrected chi connectivity index (χ4v) is 2.36. The van der Waals surface area contributed by atoms with Crippen LogP contribution in [0.15, 0.2) is 12.3 Å². The second kappa shape index (κ2) is 7.20. The SMILES string of the molecule is CC(C)CN(CC(C)C)c1ncc(CCl)cc1Cl. The van der Waals surface area contributed by atoms with Gasteiger partial charge in [0.25, 0.3) is 0 Å². The third-order valence-electron chi connectivity index (χ3n) is 2.50. The minimum Gasteiger partial charge on any atom is -0.355 e. The molecule has 102 valence electrons. The smallest absolute Gasteiger partial charge is 0.147 e. The first-order chi connectivity index (χ1) is 8.43. The molecule has 0 aliphatic carbocycles. The summed E-state index contributed by atoms with van der Waals surface area (Å²) in [5, 5.41) is 0.689. The van der Waals surface area contributed by atoms with Gasteiger partial charge in [-0.3, -0.25) is 0 Å². The number of alkyl halides is 1. The summed E-state index contributed by atoms with van der Waals surface area (Å²) in [6.45, 7) is 10.7. The summed E-state index contributed by atoms with van der Waals surface area (Å²) in [5.41, 5.74) is 0.958. The first kappa shape index (κ1) is 15.6. The van der Waals surface area contributed by atoms with Crippen LogP contribution in [0.25, 0.3) is 0 Å². The van der Waals surface area contributed by atoms with Crippen molar-refractivity contribution in [3.8, 4) is 0 Å². The molecule has 2 nitrogen and oxygen atoms in total. The number of anilines is 1. The third kappa shape index (κ3) is 4.66. The van der Waals surface area contributed by atoms with Crippen LogP contribution < -0.4 is 4.90 Å². The van der Waals surface area contributed by atoms with Crippen LogP contribution in [0.4, 0.5) is 5.82 Å². The van der Waals surface area contributed by atoms with Gasteiger partial charge in [-0.2, -0.15) is 0 Å². The van der Waals surface area contributed by atoms with Gasteiger partial charge in [0.05, 0.1) is 5.02 Å². The van der Waals surface area contributed by atoms with E-state index in [0.717, 1.165) is 24.5 Å². The fraction of sp³-hybridized carbons (Fsp3) is 0.643. The van der Waals surface area contributed by atoms with Crippen molar-refractivity contribution in [2.24, 2.45) is 11.8 Å². The standard InChI is InChI=1S/C14H22Cl2N2/c1-10(2)8-18(9-11(3)4)14-13(16)5-12(6-15)7-17-14/h5,7,10-11H,6,8-9H2,1-4H3. The summed E-state index contributed by atoms with van der Waals surface area (Å²) in [7, 11) is 0. The summed E-state index contributed by atoms with van der Waals surface area (Å²) in [5.74, 6) is 2.47. The molecule has 0 fully saturated rings. The van der Waals surface area contributed by atoms with Crippen molar-refractivity contribution in [3.63, 3.8) is 0 Å². The Bertz CT molecular complexity index is 368. The molecule has 0 radical (unpaired) electrons. The van der Waals surface area contributed by atoms with Gasteiger partial charge < -0.3 is 4.90 Å². The Labute approximate surface area is 120 Å². The molecule has 0 N–H and O–H groups in total. The minimum absolute atomic E-state index is 0.446. The van der Waals surface area contributed by atoms with Gasteiger partial charge in [0.15, 0.2) is 0 Å². The highest BCUT2D eigenvalue weighted by atomic mass is 35.5. The zero-order chi connectivity index (χ0) is 13.7. The number of hydrogen-bond acceptors (Lipinski definition) is 2. The van der Waals surface area contributed by atoms with E-state index in [9.17, 15) is 0 Å². The molecule has 0 atom stereocenters. The second-order valence-electron chi connectivity index (χ2n) is 5.48. The van der Waals surface area contributed by atoms with E-state index in [1.807, 2.05) is 12.3 Å². The topological polar surface area (TPSA) is 16.1 Å². The van der Waals surface area contributed by atoms with Crippen molar-refractivity contribution < 1.29 is 0 Å². The quantitative estimate of drug-likeness (QED) is 0.712. The number of aromatic nitrogens is 1. The number of nitrogens with zero attached hydrogens (tertiary/aromatic N) is 2. The predicted molar refractivity (Wildman–Crippen MR) is 80.7 cm³/mol. The molecular formula is C14H22Cl2N2. The number of hydrogen-bond donors (Lipinski definition) is 0. The molecule has 0 saturated heterocycles. The van der Waals surface area contributed by atoms with Crippen molar-refractivity contribution in [2.45, 2.75) is 33.6 Å². The lowest BCUT2D eigenvalue weighted by Crippen LogP contribution is -2.32.